The molecule has 3 heterocycles. The summed E-state index contributed by atoms with van der Waals surface area (Å²) in [7, 11) is 0. The maximum absolute atomic E-state index is 14.3. The number of carbonyl (C=O) groups excluding carboxylic acids is 2. The number of imide groups is 1. The Morgan fingerprint density at radius 1 is 1.11 bits per heavy atom. The van der Waals surface area contributed by atoms with E-state index in [0.29, 0.717) is 24.7 Å². The maximum atomic E-state index is 14.3. The van der Waals surface area contributed by atoms with Gasteiger partial charge in [0.2, 0.25) is 0 Å². The van der Waals surface area contributed by atoms with E-state index in [9.17, 15) is 18.4 Å². The van der Waals surface area contributed by atoms with Gasteiger partial charge in [-0.15, -0.1) is 0 Å². The van der Waals surface area contributed by atoms with Crippen molar-refractivity contribution in [2.24, 2.45) is 0 Å². The first-order valence-corrected chi connectivity index (χ1v) is 8.64. The smallest absolute Gasteiger partial charge is 0.332 e. The second-order valence-electron chi connectivity index (χ2n) is 7.02. The fourth-order valence-corrected chi connectivity index (χ4v) is 4.27. The van der Waals surface area contributed by atoms with Crippen molar-refractivity contribution in [1.29, 1.82) is 0 Å². The number of aromatic amines is 1. The lowest BCUT2D eigenvalue weighted by atomic mass is 9.87. The molecule has 1 atom stereocenters. The van der Waals surface area contributed by atoms with Gasteiger partial charge in [0.1, 0.15) is 11.6 Å². The zero-order chi connectivity index (χ0) is 18.9. The number of anilines is 1. The predicted octanol–water partition coefficient (Wildman–Crippen LogP) is 3.69. The molecule has 3 aromatic rings. The molecule has 1 N–H and O–H groups in total. The van der Waals surface area contributed by atoms with Crippen LogP contribution in [-0.4, -0.2) is 28.4 Å². The second kappa shape index (κ2) is 5.16. The van der Waals surface area contributed by atoms with Gasteiger partial charge in [0, 0.05) is 23.5 Å². The minimum Gasteiger partial charge on any atom is -0.356 e. The summed E-state index contributed by atoms with van der Waals surface area (Å²) in [6.07, 6.45) is 0.591. The minimum absolute atomic E-state index is 0.236. The Morgan fingerprint density at radius 2 is 1.89 bits per heavy atom. The summed E-state index contributed by atoms with van der Waals surface area (Å²) >= 11 is 0. The van der Waals surface area contributed by atoms with Crippen molar-refractivity contribution in [2.45, 2.75) is 18.9 Å². The van der Waals surface area contributed by atoms with E-state index in [2.05, 4.69) is 4.98 Å². The van der Waals surface area contributed by atoms with Crippen LogP contribution < -0.4 is 4.90 Å². The Labute approximate surface area is 153 Å². The molecule has 1 fully saturated rings. The highest BCUT2D eigenvalue weighted by atomic mass is 19.1. The average Bonchev–Trinajstić information content (AvgIpc) is 3.11. The van der Waals surface area contributed by atoms with Crippen LogP contribution in [0.15, 0.2) is 42.5 Å². The van der Waals surface area contributed by atoms with Crippen molar-refractivity contribution in [3.8, 4) is 0 Å². The molecule has 0 saturated carbocycles. The van der Waals surface area contributed by atoms with Gasteiger partial charge in [-0.2, -0.15) is 0 Å². The van der Waals surface area contributed by atoms with Crippen LogP contribution in [0, 0.1) is 11.6 Å². The molecule has 5 nitrogen and oxygen atoms in total. The van der Waals surface area contributed by atoms with Gasteiger partial charge in [-0.3, -0.25) is 4.79 Å². The Hall–Kier alpha value is -3.22. The number of nitrogens with zero attached hydrogens (tertiary/aromatic N) is 2. The number of fused-ring (bicyclic) bond motifs is 5. The highest BCUT2D eigenvalue weighted by Gasteiger charge is 2.59. The molecule has 1 aromatic heterocycles. The molecule has 136 valence electrons. The van der Waals surface area contributed by atoms with Crippen LogP contribution >= 0.6 is 0 Å². The van der Waals surface area contributed by atoms with E-state index in [1.54, 1.807) is 6.92 Å². The Bertz CT molecular complexity index is 1140. The summed E-state index contributed by atoms with van der Waals surface area (Å²) in [6.45, 7) is 2.01. The van der Waals surface area contributed by atoms with Gasteiger partial charge in [0.25, 0.3) is 5.91 Å². The van der Waals surface area contributed by atoms with E-state index in [4.69, 9.17) is 0 Å². The quantitative estimate of drug-likeness (QED) is 0.667. The van der Waals surface area contributed by atoms with Crippen LogP contribution in [0.1, 0.15) is 18.2 Å². The molecule has 7 heteroatoms. The van der Waals surface area contributed by atoms with Gasteiger partial charge in [-0.1, -0.05) is 18.2 Å². The van der Waals surface area contributed by atoms with E-state index < -0.39 is 29.1 Å². The fourth-order valence-electron chi connectivity index (χ4n) is 4.27. The summed E-state index contributed by atoms with van der Waals surface area (Å²) in [5.74, 6) is -2.26. The zero-order valence-electron chi connectivity index (χ0n) is 14.4. The van der Waals surface area contributed by atoms with Crippen LogP contribution in [-0.2, 0) is 16.8 Å². The van der Waals surface area contributed by atoms with Gasteiger partial charge < -0.3 is 9.88 Å². The molecule has 27 heavy (non-hydrogen) atoms. The first kappa shape index (κ1) is 16.0. The number of aromatic nitrogens is 1. The Balaban J connectivity index is 1.70. The molecule has 2 aliphatic heterocycles. The molecule has 0 radical (unpaired) electrons. The molecule has 2 aliphatic rings. The number of amides is 3. The SMILES string of the molecule is C[C@]12C(=O)N(c3ccc(F)cc3F)C(=O)N1CCc1c2[nH]c2ccccc12. The van der Waals surface area contributed by atoms with Crippen LogP contribution in [0.2, 0.25) is 0 Å². The molecule has 0 spiro atoms. The summed E-state index contributed by atoms with van der Waals surface area (Å²) in [5.41, 5.74) is 1.03. The molecule has 0 bridgehead atoms. The number of para-hydroxylation sites is 1. The average molecular weight is 367 g/mol. The fraction of sp³-hybridized carbons (Fsp3) is 0.200. The lowest BCUT2D eigenvalue weighted by Crippen LogP contribution is -2.49. The van der Waals surface area contributed by atoms with Crippen LogP contribution in [0.4, 0.5) is 19.3 Å². The second-order valence-corrected chi connectivity index (χ2v) is 7.02. The van der Waals surface area contributed by atoms with E-state index in [0.717, 1.165) is 33.5 Å². The summed E-state index contributed by atoms with van der Waals surface area (Å²) < 4.78 is 27.6. The van der Waals surface area contributed by atoms with Crippen LogP contribution in [0.25, 0.3) is 10.9 Å². The molecule has 3 amide bonds. The van der Waals surface area contributed by atoms with Crippen molar-refractivity contribution in [1.82, 2.24) is 9.88 Å². The lowest BCUT2D eigenvalue weighted by molar-refractivity contribution is -0.125. The van der Waals surface area contributed by atoms with Crippen molar-refractivity contribution in [3.05, 3.63) is 65.4 Å². The molecular formula is C20H15F2N3O2. The summed E-state index contributed by atoms with van der Waals surface area (Å²) in [5, 5.41) is 1.01. The number of nitrogens with one attached hydrogen (secondary N) is 1. The van der Waals surface area contributed by atoms with Gasteiger partial charge in [0.05, 0.1) is 11.4 Å². The highest BCUT2D eigenvalue weighted by molar-refractivity contribution is 6.23. The number of hydrogen-bond donors (Lipinski definition) is 1. The molecule has 0 aliphatic carbocycles. The number of halogens is 2. The highest BCUT2D eigenvalue weighted by Crippen LogP contribution is 2.45. The third kappa shape index (κ3) is 1.91. The Morgan fingerprint density at radius 3 is 2.67 bits per heavy atom. The maximum Gasteiger partial charge on any atom is 0.332 e. The van der Waals surface area contributed by atoms with Gasteiger partial charge >= 0.3 is 6.03 Å². The van der Waals surface area contributed by atoms with Gasteiger partial charge in [-0.05, 0) is 37.1 Å². The number of carbonyl (C=O) groups is 2. The third-order valence-corrected chi connectivity index (χ3v) is 5.62. The summed E-state index contributed by atoms with van der Waals surface area (Å²) in [6, 6.07) is 9.93. The van der Waals surface area contributed by atoms with Crippen LogP contribution in [0.5, 0.6) is 0 Å². The number of urea groups is 1. The van der Waals surface area contributed by atoms with Crippen molar-refractivity contribution < 1.29 is 18.4 Å². The first-order chi connectivity index (χ1) is 12.9. The molecule has 2 aromatic carbocycles. The molecular weight excluding hydrogens is 352 g/mol. The van der Waals surface area contributed by atoms with E-state index in [1.807, 2.05) is 24.3 Å². The standard InChI is InChI=1S/C20H15F2N3O2/c1-20-17-13(12-4-2-3-5-15(12)23-17)8-9-24(20)19(27)25(18(20)26)16-7-6-11(21)10-14(16)22/h2-7,10,23H,8-9H2,1H3/t20-/m0/s1. The van der Waals surface area contributed by atoms with Gasteiger partial charge in [-0.25, -0.2) is 18.5 Å². The zero-order valence-corrected chi connectivity index (χ0v) is 14.4. The van der Waals surface area contributed by atoms with Crippen LogP contribution in [0.3, 0.4) is 0 Å². The monoisotopic (exact) mass is 367 g/mol. The lowest BCUT2D eigenvalue weighted by Gasteiger charge is -2.35. The molecule has 5 rings (SSSR count). The molecule has 0 unspecified atom stereocenters. The third-order valence-electron chi connectivity index (χ3n) is 5.62. The van der Waals surface area contributed by atoms with Crippen molar-refractivity contribution in [2.75, 3.05) is 11.4 Å². The van der Waals surface area contributed by atoms with Crippen molar-refractivity contribution in [3.63, 3.8) is 0 Å². The Kier molecular flexibility index (Phi) is 3.05. The van der Waals surface area contributed by atoms with Gasteiger partial charge in [0.15, 0.2) is 5.54 Å². The topological polar surface area (TPSA) is 56.4 Å². The largest absolute Gasteiger partial charge is 0.356 e. The predicted molar refractivity (Wildman–Crippen MR) is 95.3 cm³/mol. The number of benzene rings is 2. The van der Waals surface area contributed by atoms with E-state index in [-0.39, 0.29) is 5.69 Å². The number of rotatable bonds is 1. The van der Waals surface area contributed by atoms with E-state index >= 15 is 0 Å². The van der Waals surface area contributed by atoms with E-state index in [1.165, 1.54) is 4.90 Å². The first-order valence-electron chi connectivity index (χ1n) is 8.64. The number of hydrogen-bond acceptors (Lipinski definition) is 2. The molecule has 1 saturated heterocycles. The number of H-pyrrole nitrogens is 1. The summed E-state index contributed by atoms with van der Waals surface area (Å²) in [4.78, 5) is 31.9. The minimum atomic E-state index is -1.26. The van der Waals surface area contributed by atoms with Crippen molar-refractivity contribution >= 4 is 28.5 Å². The normalized spacial score (nSPS) is 21.7.